The number of hydrogen-bond donors (Lipinski definition) is 1. The van der Waals surface area contributed by atoms with Crippen molar-refractivity contribution in [1.29, 1.82) is 0 Å². The van der Waals surface area contributed by atoms with Gasteiger partial charge < -0.3 is 14.3 Å². The minimum absolute atomic E-state index is 0.0370. The van der Waals surface area contributed by atoms with Crippen LogP contribution in [0, 0.1) is 0 Å². The molecule has 28 heavy (non-hydrogen) atoms. The fourth-order valence-electron chi connectivity index (χ4n) is 3.55. The van der Waals surface area contributed by atoms with Gasteiger partial charge >= 0.3 is 0 Å². The molecule has 4 nitrogen and oxygen atoms in total. The van der Waals surface area contributed by atoms with E-state index in [-0.39, 0.29) is 5.91 Å². The summed E-state index contributed by atoms with van der Waals surface area (Å²) in [4.78, 5) is 19.6. The molecule has 2 aromatic carbocycles. The lowest BCUT2D eigenvalue weighted by molar-refractivity contribution is 0.0714. The second-order valence-corrected chi connectivity index (χ2v) is 7.78. The van der Waals surface area contributed by atoms with Gasteiger partial charge in [0.05, 0.1) is 19.4 Å². The number of amides is 1. The van der Waals surface area contributed by atoms with Crippen molar-refractivity contribution < 1.29 is 9.21 Å². The summed E-state index contributed by atoms with van der Waals surface area (Å²) in [5.74, 6) is 0.733. The van der Waals surface area contributed by atoms with E-state index in [1.54, 1.807) is 17.6 Å². The van der Waals surface area contributed by atoms with Crippen LogP contribution in [0.25, 0.3) is 21.7 Å². The monoisotopic (exact) mass is 386 g/mol. The second-order valence-electron chi connectivity index (χ2n) is 6.75. The standard InChI is InChI=1S/C23H18N2O2S/c26-23(25(14-17-6-3-11-27-17)15-18-7-4-12-28-18)22-13-20-19-8-2-1-5-16(19)9-10-21(20)24-22/h1-13,24H,14-15H2. The first-order valence-corrected chi connectivity index (χ1v) is 10.0. The Hall–Kier alpha value is -3.31. The molecule has 5 rings (SSSR count). The Morgan fingerprint density at radius 3 is 2.71 bits per heavy atom. The van der Waals surface area contributed by atoms with Crippen LogP contribution in [0.15, 0.2) is 82.8 Å². The maximum absolute atomic E-state index is 13.4. The second kappa shape index (κ2) is 7.02. The average Bonchev–Trinajstić information content (AvgIpc) is 3.48. The number of nitrogens with one attached hydrogen (secondary N) is 1. The molecule has 0 aliphatic rings. The Labute approximate surface area is 166 Å². The van der Waals surface area contributed by atoms with Crippen LogP contribution in [-0.2, 0) is 13.1 Å². The zero-order valence-corrected chi connectivity index (χ0v) is 15.9. The molecule has 3 aromatic heterocycles. The number of benzene rings is 2. The first-order valence-electron chi connectivity index (χ1n) is 9.12. The Bertz CT molecular complexity index is 1200. The first kappa shape index (κ1) is 16.8. The van der Waals surface area contributed by atoms with E-state index in [0.29, 0.717) is 18.8 Å². The number of hydrogen-bond acceptors (Lipinski definition) is 3. The van der Waals surface area contributed by atoms with Gasteiger partial charge in [-0.3, -0.25) is 4.79 Å². The number of aromatic nitrogens is 1. The lowest BCUT2D eigenvalue weighted by Gasteiger charge is -2.20. The van der Waals surface area contributed by atoms with Gasteiger partial charge in [-0.2, -0.15) is 0 Å². The molecule has 0 unspecified atom stereocenters. The number of rotatable bonds is 5. The molecule has 0 spiro atoms. The van der Waals surface area contributed by atoms with Gasteiger partial charge in [0.25, 0.3) is 5.91 Å². The topological polar surface area (TPSA) is 49.2 Å². The number of H-pyrrole nitrogens is 1. The third kappa shape index (κ3) is 3.10. The number of carbonyl (C=O) groups is 1. The molecule has 0 aliphatic heterocycles. The molecule has 0 radical (unpaired) electrons. The summed E-state index contributed by atoms with van der Waals surface area (Å²) in [5.41, 5.74) is 1.56. The quantitative estimate of drug-likeness (QED) is 0.414. The van der Waals surface area contributed by atoms with Crippen LogP contribution in [-0.4, -0.2) is 15.8 Å². The smallest absolute Gasteiger partial charge is 0.271 e. The summed E-state index contributed by atoms with van der Waals surface area (Å²) in [6.07, 6.45) is 1.64. The number of fused-ring (bicyclic) bond motifs is 3. The molecule has 138 valence electrons. The van der Waals surface area contributed by atoms with Gasteiger partial charge in [-0.05, 0) is 46.5 Å². The van der Waals surface area contributed by atoms with Gasteiger partial charge in [0.2, 0.25) is 0 Å². The fourth-order valence-corrected chi connectivity index (χ4v) is 4.27. The van der Waals surface area contributed by atoms with Crippen molar-refractivity contribution >= 4 is 38.9 Å². The van der Waals surface area contributed by atoms with E-state index >= 15 is 0 Å². The predicted octanol–water partition coefficient (Wildman–Crippen LogP) is 5.82. The molecule has 0 aliphatic carbocycles. The van der Waals surface area contributed by atoms with E-state index in [9.17, 15) is 4.79 Å². The summed E-state index contributed by atoms with van der Waals surface area (Å²) in [5, 5.41) is 5.40. The van der Waals surface area contributed by atoms with Crippen LogP contribution in [0.5, 0.6) is 0 Å². The van der Waals surface area contributed by atoms with Crippen LogP contribution in [0.1, 0.15) is 21.1 Å². The molecular formula is C23H18N2O2S. The van der Waals surface area contributed by atoms with Crippen LogP contribution < -0.4 is 0 Å². The summed E-state index contributed by atoms with van der Waals surface area (Å²) < 4.78 is 5.49. The molecule has 0 saturated carbocycles. The van der Waals surface area contributed by atoms with Crippen LogP contribution in [0.4, 0.5) is 0 Å². The maximum Gasteiger partial charge on any atom is 0.271 e. The van der Waals surface area contributed by atoms with E-state index in [1.807, 2.05) is 58.8 Å². The van der Waals surface area contributed by atoms with Crippen molar-refractivity contribution in [1.82, 2.24) is 9.88 Å². The van der Waals surface area contributed by atoms with Crippen molar-refractivity contribution in [3.05, 3.63) is 94.7 Å². The minimum Gasteiger partial charge on any atom is -0.467 e. The van der Waals surface area contributed by atoms with Crippen molar-refractivity contribution in [2.75, 3.05) is 0 Å². The van der Waals surface area contributed by atoms with Crippen LogP contribution in [0.2, 0.25) is 0 Å². The van der Waals surface area contributed by atoms with E-state index in [2.05, 4.69) is 23.2 Å². The highest BCUT2D eigenvalue weighted by Gasteiger charge is 2.20. The van der Waals surface area contributed by atoms with Gasteiger partial charge in [-0.15, -0.1) is 11.3 Å². The van der Waals surface area contributed by atoms with Crippen LogP contribution >= 0.6 is 11.3 Å². The van der Waals surface area contributed by atoms with Crippen molar-refractivity contribution in [2.24, 2.45) is 0 Å². The minimum atomic E-state index is -0.0370. The Morgan fingerprint density at radius 1 is 0.964 bits per heavy atom. The van der Waals surface area contributed by atoms with Gasteiger partial charge in [-0.25, -0.2) is 0 Å². The number of carbonyl (C=O) groups excluding carboxylic acids is 1. The Kier molecular flexibility index (Phi) is 4.22. The highest BCUT2D eigenvalue weighted by Crippen LogP contribution is 2.27. The summed E-state index contributed by atoms with van der Waals surface area (Å²) in [7, 11) is 0. The molecule has 0 atom stereocenters. The van der Waals surface area contributed by atoms with Gasteiger partial charge in [0.15, 0.2) is 0 Å². The zero-order valence-electron chi connectivity index (χ0n) is 15.1. The third-order valence-corrected chi connectivity index (χ3v) is 5.76. The Balaban J connectivity index is 1.53. The van der Waals surface area contributed by atoms with Gasteiger partial charge in [0.1, 0.15) is 11.5 Å². The molecule has 5 heteroatoms. The normalized spacial score (nSPS) is 11.3. The summed E-state index contributed by atoms with van der Waals surface area (Å²) in [6, 6.07) is 22.1. The summed E-state index contributed by atoms with van der Waals surface area (Å²) in [6.45, 7) is 0.979. The molecule has 5 aromatic rings. The SMILES string of the molecule is O=C(c1cc2c(ccc3ccccc32)[nH]1)N(Cc1ccco1)Cc1cccs1. The zero-order chi connectivity index (χ0) is 18.9. The largest absolute Gasteiger partial charge is 0.467 e. The lowest BCUT2D eigenvalue weighted by Crippen LogP contribution is -2.29. The molecule has 0 bridgehead atoms. The molecular weight excluding hydrogens is 368 g/mol. The number of thiophene rings is 1. The van der Waals surface area contributed by atoms with E-state index in [0.717, 1.165) is 26.9 Å². The van der Waals surface area contributed by atoms with Crippen molar-refractivity contribution in [3.8, 4) is 0 Å². The number of nitrogens with zero attached hydrogens (tertiary/aromatic N) is 1. The lowest BCUT2D eigenvalue weighted by atomic mass is 10.1. The molecule has 0 fully saturated rings. The molecule has 3 heterocycles. The average molecular weight is 386 g/mol. The van der Waals surface area contributed by atoms with Gasteiger partial charge in [0, 0.05) is 15.8 Å². The summed E-state index contributed by atoms with van der Waals surface area (Å²) >= 11 is 1.65. The third-order valence-electron chi connectivity index (χ3n) is 4.90. The molecule has 1 amide bonds. The van der Waals surface area contributed by atoms with Gasteiger partial charge in [-0.1, -0.05) is 36.4 Å². The highest BCUT2D eigenvalue weighted by molar-refractivity contribution is 7.09. The Morgan fingerprint density at radius 2 is 1.89 bits per heavy atom. The molecule has 0 saturated heterocycles. The number of furan rings is 1. The van der Waals surface area contributed by atoms with E-state index < -0.39 is 0 Å². The molecule has 1 N–H and O–H groups in total. The van der Waals surface area contributed by atoms with Crippen molar-refractivity contribution in [3.63, 3.8) is 0 Å². The first-order chi connectivity index (χ1) is 13.8. The van der Waals surface area contributed by atoms with Crippen molar-refractivity contribution in [2.45, 2.75) is 13.1 Å². The number of aromatic amines is 1. The highest BCUT2D eigenvalue weighted by atomic mass is 32.1. The fraction of sp³-hybridized carbons (Fsp3) is 0.0870. The maximum atomic E-state index is 13.4. The predicted molar refractivity (Wildman–Crippen MR) is 112 cm³/mol. The van der Waals surface area contributed by atoms with E-state index in [1.165, 1.54) is 5.39 Å². The van der Waals surface area contributed by atoms with Crippen LogP contribution in [0.3, 0.4) is 0 Å². The van der Waals surface area contributed by atoms with E-state index in [4.69, 9.17) is 4.42 Å².